The van der Waals surface area contributed by atoms with Crippen molar-refractivity contribution in [2.75, 3.05) is 26.3 Å². The van der Waals surface area contributed by atoms with Crippen molar-refractivity contribution in [3.63, 3.8) is 0 Å². The number of hydrogen-bond donors (Lipinski definition) is 1. The third-order valence-electron chi connectivity index (χ3n) is 3.07. The van der Waals surface area contributed by atoms with E-state index in [-0.39, 0.29) is 10.8 Å². The quantitative estimate of drug-likeness (QED) is 0.845. The van der Waals surface area contributed by atoms with Crippen LogP contribution in [0, 0.1) is 6.92 Å². The van der Waals surface area contributed by atoms with Gasteiger partial charge in [-0.15, -0.1) is 0 Å². The van der Waals surface area contributed by atoms with Crippen LogP contribution in [0.2, 0.25) is 0 Å². The summed E-state index contributed by atoms with van der Waals surface area (Å²) in [4.78, 5) is 13.9. The third-order valence-corrected chi connectivity index (χ3v) is 5.32. The Morgan fingerprint density at radius 3 is 2.50 bits per heavy atom. The van der Waals surface area contributed by atoms with E-state index in [0.717, 1.165) is 0 Å². The highest BCUT2D eigenvalue weighted by atomic mass is 79.9. The number of ether oxygens (including phenoxy) is 1. The standard InChI is InChI=1S/C12H15BrN2O4S/c1-8-6-9(7-10(11(8)13)20(14,17)18)12(16)15-2-4-19-5-3-15/h6-7H,2-5H2,1H3,(H2,14,17,18). The third kappa shape index (κ3) is 3.20. The maximum atomic E-state index is 12.4. The van der Waals surface area contributed by atoms with Crippen LogP contribution < -0.4 is 5.14 Å². The van der Waals surface area contributed by atoms with E-state index in [1.165, 1.54) is 6.07 Å². The summed E-state index contributed by atoms with van der Waals surface area (Å²) in [5.74, 6) is -0.214. The van der Waals surface area contributed by atoms with Crippen LogP contribution in [0.4, 0.5) is 0 Å². The van der Waals surface area contributed by atoms with Gasteiger partial charge in [-0.1, -0.05) is 0 Å². The minimum Gasteiger partial charge on any atom is -0.378 e. The molecule has 2 rings (SSSR count). The van der Waals surface area contributed by atoms with E-state index < -0.39 is 10.0 Å². The number of carbonyl (C=O) groups excluding carboxylic acids is 1. The smallest absolute Gasteiger partial charge is 0.254 e. The van der Waals surface area contributed by atoms with E-state index in [1.54, 1.807) is 17.9 Å². The number of rotatable bonds is 2. The summed E-state index contributed by atoms with van der Waals surface area (Å²) in [7, 11) is -3.89. The maximum Gasteiger partial charge on any atom is 0.254 e. The number of sulfonamides is 1. The van der Waals surface area contributed by atoms with Crippen LogP contribution in [-0.4, -0.2) is 45.5 Å². The molecule has 1 amide bonds. The highest BCUT2D eigenvalue weighted by Gasteiger charge is 2.22. The van der Waals surface area contributed by atoms with Crippen molar-refractivity contribution >= 4 is 31.9 Å². The van der Waals surface area contributed by atoms with Crippen molar-refractivity contribution < 1.29 is 17.9 Å². The van der Waals surface area contributed by atoms with Gasteiger partial charge in [-0.05, 0) is 40.5 Å². The Bertz CT molecular complexity index is 639. The minimum absolute atomic E-state index is 0.0749. The summed E-state index contributed by atoms with van der Waals surface area (Å²) in [6.07, 6.45) is 0. The molecule has 2 N–H and O–H groups in total. The number of primary sulfonamides is 1. The first-order valence-corrected chi connectivity index (χ1v) is 8.34. The van der Waals surface area contributed by atoms with Gasteiger partial charge >= 0.3 is 0 Å². The number of amides is 1. The lowest BCUT2D eigenvalue weighted by molar-refractivity contribution is 0.0302. The molecular weight excluding hydrogens is 348 g/mol. The molecule has 0 atom stereocenters. The SMILES string of the molecule is Cc1cc(C(=O)N2CCOCC2)cc(S(N)(=O)=O)c1Br. The molecule has 8 heteroatoms. The molecule has 0 saturated carbocycles. The van der Waals surface area contributed by atoms with Crippen molar-refractivity contribution in [2.45, 2.75) is 11.8 Å². The Hall–Kier alpha value is -0.960. The molecule has 1 fully saturated rings. The average Bonchev–Trinajstić information content (AvgIpc) is 2.40. The topological polar surface area (TPSA) is 89.7 Å². The van der Waals surface area contributed by atoms with Crippen LogP contribution in [0.1, 0.15) is 15.9 Å². The molecule has 0 bridgehead atoms. The minimum atomic E-state index is -3.89. The number of hydrogen-bond acceptors (Lipinski definition) is 4. The van der Waals surface area contributed by atoms with Crippen LogP contribution in [0.5, 0.6) is 0 Å². The van der Waals surface area contributed by atoms with E-state index in [2.05, 4.69) is 15.9 Å². The second-order valence-corrected chi connectivity index (χ2v) is 6.88. The molecule has 0 spiro atoms. The van der Waals surface area contributed by atoms with Gasteiger partial charge in [-0.2, -0.15) is 0 Å². The first-order valence-electron chi connectivity index (χ1n) is 6.00. The van der Waals surface area contributed by atoms with Gasteiger partial charge in [0, 0.05) is 23.1 Å². The predicted octanol–water partition coefficient (Wildman–Crippen LogP) is 0.877. The van der Waals surface area contributed by atoms with E-state index in [1.807, 2.05) is 0 Å². The predicted molar refractivity (Wildman–Crippen MR) is 77.0 cm³/mol. The van der Waals surface area contributed by atoms with Gasteiger partial charge in [0.1, 0.15) is 0 Å². The van der Waals surface area contributed by atoms with Gasteiger partial charge in [0.25, 0.3) is 5.91 Å². The van der Waals surface area contributed by atoms with Crippen LogP contribution in [0.15, 0.2) is 21.5 Å². The number of carbonyl (C=O) groups is 1. The summed E-state index contributed by atoms with van der Waals surface area (Å²) in [5.41, 5.74) is 0.963. The highest BCUT2D eigenvalue weighted by molar-refractivity contribution is 9.10. The number of aryl methyl sites for hydroxylation is 1. The first-order chi connectivity index (χ1) is 9.30. The molecule has 110 valence electrons. The monoisotopic (exact) mass is 362 g/mol. The Labute approximate surface area is 126 Å². The summed E-state index contributed by atoms with van der Waals surface area (Å²) in [6, 6.07) is 2.96. The fraction of sp³-hybridized carbons (Fsp3) is 0.417. The molecule has 0 radical (unpaired) electrons. The van der Waals surface area contributed by atoms with E-state index in [0.29, 0.717) is 41.9 Å². The number of benzene rings is 1. The molecule has 6 nitrogen and oxygen atoms in total. The van der Waals surface area contributed by atoms with Gasteiger partial charge in [-0.3, -0.25) is 4.79 Å². The molecule has 0 aliphatic carbocycles. The zero-order chi connectivity index (χ0) is 14.9. The Morgan fingerprint density at radius 1 is 1.35 bits per heavy atom. The van der Waals surface area contributed by atoms with Gasteiger partial charge in [0.2, 0.25) is 10.0 Å². The Balaban J connectivity index is 2.42. The molecule has 0 aromatic heterocycles. The fourth-order valence-electron chi connectivity index (χ4n) is 2.02. The maximum absolute atomic E-state index is 12.4. The molecule has 1 aliphatic heterocycles. The molecule has 0 unspecified atom stereocenters. The largest absolute Gasteiger partial charge is 0.378 e. The number of halogens is 1. The number of nitrogens with two attached hydrogens (primary N) is 1. The Kier molecular flexibility index (Phi) is 4.48. The van der Waals surface area contributed by atoms with Crippen LogP contribution in [0.3, 0.4) is 0 Å². The second-order valence-electron chi connectivity index (χ2n) is 4.55. The zero-order valence-corrected chi connectivity index (χ0v) is 13.3. The van der Waals surface area contributed by atoms with Gasteiger partial charge in [-0.25, -0.2) is 13.6 Å². The lowest BCUT2D eigenvalue weighted by Gasteiger charge is -2.27. The molecule has 20 heavy (non-hydrogen) atoms. The average molecular weight is 363 g/mol. The Morgan fingerprint density at radius 2 is 1.95 bits per heavy atom. The van der Waals surface area contributed by atoms with E-state index in [9.17, 15) is 13.2 Å². The molecule has 1 saturated heterocycles. The molecule has 1 aliphatic rings. The lowest BCUT2D eigenvalue weighted by atomic mass is 10.1. The number of morpholine rings is 1. The molecular formula is C12H15BrN2O4S. The zero-order valence-electron chi connectivity index (χ0n) is 10.9. The molecule has 1 aromatic rings. The van der Waals surface area contributed by atoms with Gasteiger partial charge in [0.15, 0.2) is 0 Å². The summed E-state index contributed by atoms with van der Waals surface area (Å²) in [5, 5.41) is 5.17. The van der Waals surface area contributed by atoms with E-state index >= 15 is 0 Å². The van der Waals surface area contributed by atoms with Gasteiger partial charge < -0.3 is 9.64 Å². The highest BCUT2D eigenvalue weighted by Crippen LogP contribution is 2.27. The van der Waals surface area contributed by atoms with Crippen LogP contribution in [0.25, 0.3) is 0 Å². The second kappa shape index (κ2) is 5.80. The summed E-state index contributed by atoms with van der Waals surface area (Å²) in [6.45, 7) is 3.69. The first kappa shape index (κ1) is 15.4. The fourth-order valence-corrected chi connectivity index (χ4v) is 3.62. The van der Waals surface area contributed by atoms with E-state index in [4.69, 9.17) is 9.88 Å². The lowest BCUT2D eigenvalue weighted by Crippen LogP contribution is -2.40. The van der Waals surface area contributed by atoms with Gasteiger partial charge in [0.05, 0.1) is 18.1 Å². The molecule has 1 aromatic carbocycles. The van der Waals surface area contributed by atoms with Crippen LogP contribution in [-0.2, 0) is 14.8 Å². The summed E-state index contributed by atoms with van der Waals surface area (Å²) < 4.78 is 28.7. The molecule has 1 heterocycles. The van der Waals surface area contributed by atoms with Crippen molar-refractivity contribution in [3.8, 4) is 0 Å². The normalized spacial score (nSPS) is 16.2. The van der Waals surface area contributed by atoms with Crippen molar-refractivity contribution in [1.82, 2.24) is 4.90 Å². The summed E-state index contributed by atoms with van der Waals surface area (Å²) >= 11 is 3.19. The van der Waals surface area contributed by atoms with Crippen LogP contribution >= 0.6 is 15.9 Å². The number of nitrogens with zero attached hydrogens (tertiary/aromatic N) is 1. The van der Waals surface area contributed by atoms with Crippen molar-refractivity contribution in [1.29, 1.82) is 0 Å². The van der Waals surface area contributed by atoms with Crippen molar-refractivity contribution in [3.05, 3.63) is 27.7 Å². The van der Waals surface area contributed by atoms with Crippen molar-refractivity contribution in [2.24, 2.45) is 5.14 Å².